The number of hydrogen-bond acceptors (Lipinski definition) is 6. The summed E-state index contributed by atoms with van der Waals surface area (Å²) in [6.45, 7) is 10.8. The Labute approximate surface area is 252 Å². The van der Waals surface area contributed by atoms with E-state index in [9.17, 15) is 9.59 Å². The molecular formula is C32H41ClN6O3. The number of imidazole rings is 1. The highest BCUT2D eigenvalue weighted by molar-refractivity contribution is 6.34. The van der Waals surface area contributed by atoms with Crippen LogP contribution in [0, 0.1) is 0 Å². The number of halogens is 1. The lowest BCUT2D eigenvalue weighted by molar-refractivity contribution is -0.126. The average Bonchev–Trinajstić information content (AvgIpc) is 3.42. The largest absolute Gasteiger partial charge is 0.444 e. The number of ether oxygens (including phenoxy) is 1. The lowest BCUT2D eigenvalue weighted by Crippen LogP contribution is -2.57. The predicted octanol–water partition coefficient (Wildman–Crippen LogP) is 6.04. The standard InChI is InChI=1S/C32H41ClN6O3/c1-19(2)38-18-34-25-17-24(35-28(33)27(25)38)20-8-9-23-26(14-20)39(22-15-21(16-22)36(6)7)29(40)32(23)10-12-37(13-11-32)30(41)42-31(3,4)5/h8-9,14,17-19,21-22H,10-13,15-16H2,1-7H3. The normalized spacial score (nSPS) is 21.9. The zero-order valence-corrected chi connectivity index (χ0v) is 26.4. The summed E-state index contributed by atoms with van der Waals surface area (Å²) < 4.78 is 7.66. The lowest BCUT2D eigenvalue weighted by Gasteiger charge is -2.45. The van der Waals surface area contributed by atoms with Crippen molar-refractivity contribution < 1.29 is 14.3 Å². The minimum atomic E-state index is -0.652. The molecular weight excluding hydrogens is 552 g/mol. The molecule has 0 unspecified atom stereocenters. The quantitative estimate of drug-likeness (QED) is 0.343. The minimum absolute atomic E-state index is 0.142. The molecule has 4 heterocycles. The fraction of sp³-hybridized carbons (Fsp3) is 0.562. The Morgan fingerprint density at radius 1 is 1.14 bits per heavy atom. The third kappa shape index (κ3) is 4.74. The molecule has 1 aromatic carbocycles. The molecule has 224 valence electrons. The Morgan fingerprint density at radius 3 is 2.45 bits per heavy atom. The number of nitrogens with zero attached hydrogens (tertiary/aromatic N) is 6. The Morgan fingerprint density at radius 2 is 1.83 bits per heavy atom. The van der Waals surface area contributed by atoms with Crippen molar-refractivity contribution in [3.63, 3.8) is 0 Å². The highest BCUT2D eigenvalue weighted by Gasteiger charge is 2.55. The van der Waals surface area contributed by atoms with Crippen LogP contribution in [-0.2, 0) is 14.9 Å². The number of likely N-dealkylation sites (tertiary alicyclic amines) is 1. The number of fused-ring (bicyclic) bond motifs is 3. The van der Waals surface area contributed by atoms with Crippen molar-refractivity contribution in [1.82, 2.24) is 24.3 Å². The number of benzene rings is 1. The van der Waals surface area contributed by atoms with Gasteiger partial charge in [0.05, 0.1) is 23.0 Å². The second-order valence-corrected chi connectivity index (χ2v) is 14.0. The van der Waals surface area contributed by atoms with Gasteiger partial charge in [-0.15, -0.1) is 0 Å². The van der Waals surface area contributed by atoms with Crippen LogP contribution < -0.4 is 4.90 Å². The molecule has 1 saturated carbocycles. The second kappa shape index (κ2) is 10.2. The Balaban J connectivity index is 1.36. The molecule has 0 bridgehead atoms. The molecule has 0 radical (unpaired) electrons. The summed E-state index contributed by atoms with van der Waals surface area (Å²) in [7, 11) is 4.19. The molecule has 2 amide bonds. The molecule has 3 aromatic rings. The average molecular weight is 593 g/mol. The molecule has 1 aliphatic carbocycles. The maximum Gasteiger partial charge on any atom is 0.410 e. The number of amides is 2. The van der Waals surface area contributed by atoms with Crippen LogP contribution in [0.15, 0.2) is 30.6 Å². The molecule has 1 saturated heterocycles. The number of pyridine rings is 1. The summed E-state index contributed by atoms with van der Waals surface area (Å²) in [5.74, 6) is 0.151. The first kappa shape index (κ1) is 28.9. The molecule has 42 heavy (non-hydrogen) atoms. The van der Waals surface area contributed by atoms with Gasteiger partial charge in [0.1, 0.15) is 11.1 Å². The topological polar surface area (TPSA) is 83.8 Å². The number of carbonyl (C=O) groups excluding carboxylic acids is 2. The van der Waals surface area contributed by atoms with E-state index in [0.29, 0.717) is 37.1 Å². The van der Waals surface area contributed by atoms with Crippen molar-refractivity contribution in [2.45, 2.75) is 89.4 Å². The number of aromatic nitrogens is 3. The second-order valence-electron chi connectivity index (χ2n) is 13.6. The van der Waals surface area contributed by atoms with E-state index >= 15 is 0 Å². The van der Waals surface area contributed by atoms with Crippen LogP contribution in [-0.4, -0.2) is 81.2 Å². The van der Waals surface area contributed by atoms with Crippen molar-refractivity contribution >= 4 is 40.3 Å². The monoisotopic (exact) mass is 592 g/mol. The molecule has 0 N–H and O–H groups in total. The molecule has 10 heteroatoms. The smallest absolute Gasteiger partial charge is 0.410 e. The van der Waals surface area contributed by atoms with Gasteiger partial charge in [0, 0.05) is 42.5 Å². The summed E-state index contributed by atoms with van der Waals surface area (Å²) in [5, 5.41) is 0.418. The predicted molar refractivity (Wildman–Crippen MR) is 165 cm³/mol. The van der Waals surface area contributed by atoms with Crippen molar-refractivity contribution in [3.05, 3.63) is 41.3 Å². The zero-order valence-electron chi connectivity index (χ0n) is 25.6. The van der Waals surface area contributed by atoms with Gasteiger partial charge in [-0.2, -0.15) is 0 Å². The third-order valence-electron chi connectivity index (χ3n) is 9.22. The van der Waals surface area contributed by atoms with Crippen LogP contribution in [0.2, 0.25) is 5.15 Å². The van der Waals surface area contributed by atoms with Gasteiger partial charge in [-0.25, -0.2) is 14.8 Å². The molecule has 2 aromatic heterocycles. The van der Waals surface area contributed by atoms with Crippen LogP contribution >= 0.6 is 11.6 Å². The fourth-order valence-electron chi connectivity index (χ4n) is 6.74. The fourth-order valence-corrected chi connectivity index (χ4v) is 7.02. The summed E-state index contributed by atoms with van der Waals surface area (Å²) in [6.07, 6.45) is 4.50. The van der Waals surface area contributed by atoms with Crippen LogP contribution in [0.3, 0.4) is 0 Å². The minimum Gasteiger partial charge on any atom is -0.444 e. The Bertz CT molecular complexity index is 1540. The van der Waals surface area contributed by atoms with Gasteiger partial charge >= 0.3 is 6.09 Å². The number of rotatable bonds is 4. The van der Waals surface area contributed by atoms with Gasteiger partial charge < -0.3 is 24.0 Å². The van der Waals surface area contributed by atoms with Gasteiger partial charge in [-0.1, -0.05) is 23.7 Å². The molecule has 0 atom stereocenters. The van der Waals surface area contributed by atoms with E-state index in [0.717, 1.165) is 46.4 Å². The van der Waals surface area contributed by atoms with E-state index in [1.807, 2.05) is 37.5 Å². The maximum atomic E-state index is 14.4. The van der Waals surface area contributed by atoms with Gasteiger partial charge in [-0.3, -0.25) is 4.79 Å². The van der Waals surface area contributed by atoms with E-state index in [1.54, 1.807) is 11.2 Å². The number of anilines is 1. The summed E-state index contributed by atoms with van der Waals surface area (Å²) >= 11 is 6.71. The first-order chi connectivity index (χ1) is 19.8. The zero-order chi connectivity index (χ0) is 30.1. The van der Waals surface area contributed by atoms with E-state index in [-0.39, 0.29) is 24.1 Å². The number of hydrogen-bond donors (Lipinski definition) is 0. The molecule has 9 nitrogen and oxygen atoms in total. The first-order valence-electron chi connectivity index (χ1n) is 14.9. The van der Waals surface area contributed by atoms with E-state index in [4.69, 9.17) is 21.3 Å². The van der Waals surface area contributed by atoms with E-state index in [1.165, 1.54) is 0 Å². The van der Waals surface area contributed by atoms with Gasteiger partial charge in [0.15, 0.2) is 5.15 Å². The summed E-state index contributed by atoms with van der Waals surface area (Å²) in [4.78, 5) is 42.6. The van der Waals surface area contributed by atoms with Crippen LogP contribution in [0.4, 0.5) is 10.5 Å². The Hall–Kier alpha value is -3.17. The highest BCUT2D eigenvalue weighted by Crippen LogP contribution is 2.52. The van der Waals surface area contributed by atoms with Gasteiger partial charge in [-0.05, 0) is 92.1 Å². The molecule has 6 rings (SSSR count). The van der Waals surface area contributed by atoms with Crippen molar-refractivity contribution in [2.24, 2.45) is 0 Å². The molecule has 1 spiro atoms. The third-order valence-corrected chi connectivity index (χ3v) is 9.48. The first-order valence-corrected chi connectivity index (χ1v) is 15.3. The summed E-state index contributed by atoms with van der Waals surface area (Å²) in [6, 6.07) is 9.04. The molecule has 3 aliphatic rings. The molecule has 2 aliphatic heterocycles. The van der Waals surface area contributed by atoms with Gasteiger partial charge in [0.25, 0.3) is 0 Å². The van der Waals surface area contributed by atoms with Crippen LogP contribution in [0.5, 0.6) is 0 Å². The van der Waals surface area contributed by atoms with Crippen LogP contribution in [0.1, 0.15) is 71.9 Å². The van der Waals surface area contributed by atoms with Crippen molar-refractivity contribution in [3.8, 4) is 11.3 Å². The number of carbonyl (C=O) groups is 2. The lowest BCUT2D eigenvalue weighted by atomic mass is 9.73. The van der Waals surface area contributed by atoms with Crippen LogP contribution in [0.25, 0.3) is 22.3 Å². The SMILES string of the molecule is CC(C)n1cnc2cc(-c3ccc4c(c3)N(C3CC(N(C)C)C3)C(=O)C43CCN(C(=O)OC(C)(C)C)CC3)nc(Cl)c21. The highest BCUT2D eigenvalue weighted by atomic mass is 35.5. The number of piperidine rings is 1. The van der Waals surface area contributed by atoms with Gasteiger partial charge in [0.2, 0.25) is 5.91 Å². The molecule has 2 fully saturated rings. The Kier molecular flexibility index (Phi) is 7.04. The van der Waals surface area contributed by atoms with E-state index < -0.39 is 11.0 Å². The van der Waals surface area contributed by atoms with Crippen molar-refractivity contribution in [1.29, 1.82) is 0 Å². The van der Waals surface area contributed by atoms with Crippen molar-refractivity contribution in [2.75, 3.05) is 32.1 Å². The maximum absolute atomic E-state index is 14.4. The summed E-state index contributed by atoms with van der Waals surface area (Å²) in [5.41, 5.74) is 4.05. The van der Waals surface area contributed by atoms with E-state index in [2.05, 4.69) is 54.9 Å².